The normalized spacial score (nSPS) is 22.1. The van der Waals surface area contributed by atoms with Crippen molar-refractivity contribution in [1.29, 1.82) is 0 Å². The standard InChI is InChI=1S/C19H25ClF3N3O2/c1-11(24)18(28)26-16(12(2)25(13(3)27)10-19(21,22)23)7-8-17(26)14-5-4-6-15(20)9-14/h4-6,9,11-12,16-17H,7-8,10,24H2,1-3H3/t11?,12-,16+,17-/m0/s1. The zero-order valence-corrected chi connectivity index (χ0v) is 16.8. The monoisotopic (exact) mass is 419 g/mol. The Morgan fingerprint density at radius 3 is 2.46 bits per heavy atom. The topological polar surface area (TPSA) is 66.6 Å². The smallest absolute Gasteiger partial charge is 0.329 e. The van der Waals surface area contributed by atoms with Gasteiger partial charge < -0.3 is 15.5 Å². The minimum Gasteiger partial charge on any atom is -0.329 e. The average molecular weight is 420 g/mol. The van der Waals surface area contributed by atoms with E-state index < -0.39 is 36.8 Å². The number of hydrogen-bond acceptors (Lipinski definition) is 3. The minimum absolute atomic E-state index is 0.357. The lowest BCUT2D eigenvalue weighted by atomic mass is 10.0. The Labute approximate surface area is 167 Å². The quantitative estimate of drug-likeness (QED) is 0.794. The second-order valence-electron chi connectivity index (χ2n) is 7.25. The molecule has 0 radical (unpaired) electrons. The highest BCUT2D eigenvalue weighted by molar-refractivity contribution is 6.30. The SMILES string of the molecule is CC(=O)N(CC(F)(F)F)[C@@H](C)[C@H]1CC[C@@H](c2cccc(Cl)c2)N1C(=O)C(C)N. The molecule has 1 aliphatic rings. The maximum atomic E-state index is 13.0. The van der Waals surface area contributed by atoms with Crippen molar-refractivity contribution < 1.29 is 22.8 Å². The van der Waals surface area contributed by atoms with Gasteiger partial charge in [-0.3, -0.25) is 9.59 Å². The molecule has 1 aromatic rings. The van der Waals surface area contributed by atoms with E-state index in [-0.39, 0.29) is 11.9 Å². The molecule has 1 heterocycles. The third-order valence-corrected chi connectivity index (χ3v) is 5.34. The highest BCUT2D eigenvalue weighted by atomic mass is 35.5. The van der Waals surface area contributed by atoms with Crippen molar-refractivity contribution in [2.75, 3.05) is 6.54 Å². The van der Waals surface area contributed by atoms with Gasteiger partial charge in [-0.1, -0.05) is 23.7 Å². The van der Waals surface area contributed by atoms with Gasteiger partial charge >= 0.3 is 6.18 Å². The molecule has 1 unspecified atom stereocenters. The van der Waals surface area contributed by atoms with Crippen LogP contribution >= 0.6 is 11.6 Å². The van der Waals surface area contributed by atoms with Crippen LogP contribution in [0, 0.1) is 0 Å². The van der Waals surface area contributed by atoms with Gasteiger partial charge in [0.2, 0.25) is 11.8 Å². The minimum atomic E-state index is -4.53. The van der Waals surface area contributed by atoms with Crippen LogP contribution < -0.4 is 5.73 Å². The van der Waals surface area contributed by atoms with E-state index in [0.29, 0.717) is 17.9 Å². The molecule has 0 saturated carbocycles. The van der Waals surface area contributed by atoms with Crippen LogP contribution in [0.25, 0.3) is 0 Å². The summed E-state index contributed by atoms with van der Waals surface area (Å²) in [4.78, 5) is 27.1. The first-order valence-corrected chi connectivity index (χ1v) is 9.47. The van der Waals surface area contributed by atoms with Gasteiger partial charge in [-0.05, 0) is 44.4 Å². The second kappa shape index (κ2) is 8.69. The molecule has 0 bridgehead atoms. The Morgan fingerprint density at radius 2 is 1.96 bits per heavy atom. The molecule has 1 aromatic carbocycles. The molecule has 0 aliphatic carbocycles. The van der Waals surface area contributed by atoms with Crippen LogP contribution in [0.1, 0.15) is 45.2 Å². The van der Waals surface area contributed by atoms with Crippen molar-refractivity contribution in [3.8, 4) is 0 Å². The molecule has 2 rings (SSSR count). The predicted molar refractivity (Wildman–Crippen MR) is 101 cm³/mol. The Hall–Kier alpha value is -1.80. The number of benzene rings is 1. The molecule has 4 atom stereocenters. The van der Waals surface area contributed by atoms with Crippen molar-refractivity contribution in [2.45, 2.75) is 64.0 Å². The Balaban J connectivity index is 2.38. The summed E-state index contributed by atoms with van der Waals surface area (Å²) in [5.41, 5.74) is 6.60. The molecular weight excluding hydrogens is 395 g/mol. The molecular formula is C19H25ClF3N3O2. The van der Waals surface area contributed by atoms with Crippen LogP contribution in [-0.4, -0.2) is 52.5 Å². The van der Waals surface area contributed by atoms with Gasteiger partial charge in [0.05, 0.1) is 18.1 Å². The fourth-order valence-electron chi connectivity index (χ4n) is 3.85. The predicted octanol–water partition coefficient (Wildman–Crippen LogP) is 3.52. The molecule has 5 nitrogen and oxygen atoms in total. The first-order valence-electron chi connectivity index (χ1n) is 9.09. The largest absolute Gasteiger partial charge is 0.406 e. The Bertz CT molecular complexity index is 727. The summed E-state index contributed by atoms with van der Waals surface area (Å²) in [7, 11) is 0. The van der Waals surface area contributed by atoms with Crippen LogP contribution in [-0.2, 0) is 9.59 Å². The molecule has 1 aliphatic heterocycles. The zero-order valence-electron chi connectivity index (χ0n) is 16.0. The van der Waals surface area contributed by atoms with Crippen molar-refractivity contribution >= 4 is 23.4 Å². The van der Waals surface area contributed by atoms with Crippen LogP contribution in [0.4, 0.5) is 13.2 Å². The third kappa shape index (κ3) is 5.17. The van der Waals surface area contributed by atoms with Gasteiger partial charge in [0.15, 0.2) is 0 Å². The van der Waals surface area contributed by atoms with E-state index in [0.717, 1.165) is 17.4 Å². The van der Waals surface area contributed by atoms with E-state index in [1.807, 2.05) is 6.07 Å². The van der Waals surface area contributed by atoms with Gasteiger partial charge in [0.1, 0.15) is 6.54 Å². The lowest BCUT2D eigenvalue weighted by molar-refractivity contribution is -0.167. The average Bonchev–Trinajstić information content (AvgIpc) is 3.02. The number of carbonyl (C=O) groups is 2. The lowest BCUT2D eigenvalue weighted by Crippen LogP contribution is -2.55. The molecule has 1 fully saturated rings. The molecule has 0 spiro atoms. The van der Waals surface area contributed by atoms with Crippen molar-refractivity contribution in [3.05, 3.63) is 34.9 Å². The number of nitrogens with two attached hydrogens (primary N) is 1. The highest BCUT2D eigenvalue weighted by Gasteiger charge is 2.45. The van der Waals surface area contributed by atoms with Crippen LogP contribution in [0.15, 0.2) is 24.3 Å². The first kappa shape index (κ1) is 22.5. The number of likely N-dealkylation sites (tertiary alicyclic amines) is 1. The maximum absolute atomic E-state index is 13.0. The molecule has 0 aromatic heterocycles. The summed E-state index contributed by atoms with van der Waals surface area (Å²) < 4.78 is 38.9. The van der Waals surface area contributed by atoms with Gasteiger partial charge in [0.25, 0.3) is 0 Å². The zero-order chi connectivity index (χ0) is 21.2. The van der Waals surface area contributed by atoms with Crippen molar-refractivity contribution in [3.63, 3.8) is 0 Å². The van der Waals surface area contributed by atoms with Gasteiger partial charge in [0, 0.05) is 18.0 Å². The van der Waals surface area contributed by atoms with Crippen LogP contribution in [0.2, 0.25) is 5.02 Å². The van der Waals surface area contributed by atoms with E-state index in [1.165, 1.54) is 11.8 Å². The summed E-state index contributed by atoms with van der Waals surface area (Å²) in [6.45, 7) is 2.82. The number of amides is 2. The molecule has 9 heteroatoms. The highest BCUT2D eigenvalue weighted by Crippen LogP contribution is 2.39. The fraction of sp³-hybridized carbons (Fsp3) is 0.579. The van der Waals surface area contributed by atoms with Gasteiger partial charge in [-0.2, -0.15) is 13.2 Å². The van der Waals surface area contributed by atoms with Crippen molar-refractivity contribution in [1.82, 2.24) is 9.80 Å². The molecule has 1 saturated heterocycles. The van der Waals surface area contributed by atoms with Crippen LogP contribution in [0.5, 0.6) is 0 Å². The lowest BCUT2D eigenvalue weighted by Gasteiger charge is -2.39. The number of carbonyl (C=O) groups excluding carboxylic acids is 2. The number of nitrogens with zero attached hydrogens (tertiary/aromatic N) is 2. The number of halogens is 4. The summed E-state index contributed by atoms with van der Waals surface area (Å²) in [6, 6.07) is 4.46. The summed E-state index contributed by atoms with van der Waals surface area (Å²) in [5, 5.41) is 0.504. The molecule has 28 heavy (non-hydrogen) atoms. The third-order valence-electron chi connectivity index (χ3n) is 5.11. The van der Waals surface area contributed by atoms with Gasteiger partial charge in [-0.25, -0.2) is 0 Å². The summed E-state index contributed by atoms with van der Waals surface area (Å²) >= 11 is 6.07. The second-order valence-corrected chi connectivity index (χ2v) is 7.69. The maximum Gasteiger partial charge on any atom is 0.406 e. The Morgan fingerprint density at radius 1 is 1.32 bits per heavy atom. The van der Waals surface area contributed by atoms with E-state index in [1.54, 1.807) is 25.1 Å². The van der Waals surface area contributed by atoms with E-state index in [2.05, 4.69) is 0 Å². The summed E-state index contributed by atoms with van der Waals surface area (Å²) in [6.07, 6.45) is -3.52. The fourth-order valence-corrected chi connectivity index (χ4v) is 4.05. The van der Waals surface area contributed by atoms with E-state index >= 15 is 0 Å². The molecule has 156 valence electrons. The van der Waals surface area contributed by atoms with Crippen molar-refractivity contribution in [2.24, 2.45) is 5.73 Å². The Kier molecular flexibility index (Phi) is 6.98. The summed E-state index contributed by atoms with van der Waals surface area (Å²) in [5.74, 6) is -1.06. The van der Waals surface area contributed by atoms with E-state index in [9.17, 15) is 22.8 Å². The van der Waals surface area contributed by atoms with Crippen LogP contribution in [0.3, 0.4) is 0 Å². The first-order chi connectivity index (χ1) is 12.9. The molecule has 2 N–H and O–H groups in total. The number of alkyl halides is 3. The van der Waals surface area contributed by atoms with Gasteiger partial charge in [-0.15, -0.1) is 0 Å². The number of hydrogen-bond donors (Lipinski definition) is 1. The molecule has 2 amide bonds. The van der Waals surface area contributed by atoms with E-state index in [4.69, 9.17) is 17.3 Å². The number of rotatable bonds is 5.